The first kappa shape index (κ1) is 9.90. The molecule has 0 aliphatic heterocycles. The van der Waals surface area contributed by atoms with Gasteiger partial charge in [0.05, 0.1) is 6.42 Å². The van der Waals surface area contributed by atoms with Gasteiger partial charge in [-0.2, -0.15) is 0 Å². The number of carbonyl (C=O) groups is 1. The molecular weight excluding hydrogens is 185 g/mol. The van der Waals surface area contributed by atoms with E-state index in [1.807, 2.05) is 0 Å². The Balaban J connectivity index is 2.06. The lowest BCUT2D eigenvalue weighted by Crippen LogP contribution is -2.51. The molecule has 80 valence electrons. The summed E-state index contributed by atoms with van der Waals surface area (Å²) < 4.78 is 13.1. The molecule has 0 heterocycles. The van der Waals surface area contributed by atoms with E-state index in [2.05, 4.69) is 0 Å². The predicted octanol–water partition coefficient (Wildman–Crippen LogP) is 1.17. The second-order valence-corrected chi connectivity index (χ2v) is 4.78. The van der Waals surface area contributed by atoms with Crippen LogP contribution in [0.4, 0.5) is 4.39 Å². The molecule has 0 spiro atoms. The van der Waals surface area contributed by atoms with Gasteiger partial charge in [0, 0.05) is 0 Å². The summed E-state index contributed by atoms with van der Waals surface area (Å²) in [7, 11) is 0. The molecule has 14 heavy (non-hydrogen) atoms. The number of hydrogen-bond acceptors (Lipinski definition) is 2. The summed E-state index contributed by atoms with van der Waals surface area (Å²) in [6, 6.07) is 0. The highest BCUT2D eigenvalue weighted by molar-refractivity contribution is 5.68. The lowest BCUT2D eigenvalue weighted by molar-refractivity contribution is -0.145. The molecule has 2 aliphatic rings. The van der Waals surface area contributed by atoms with Crippen molar-refractivity contribution in [1.29, 1.82) is 0 Å². The molecule has 0 aromatic rings. The van der Waals surface area contributed by atoms with Gasteiger partial charge < -0.3 is 10.8 Å². The van der Waals surface area contributed by atoms with Crippen molar-refractivity contribution in [1.82, 2.24) is 0 Å². The lowest BCUT2D eigenvalue weighted by atomic mass is 9.53. The summed E-state index contributed by atoms with van der Waals surface area (Å²) in [6.45, 7) is 0.382. The van der Waals surface area contributed by atoms with Crippen molar-refractivity contribution in [2.45, 2.75) is 31.9 Å². The zero-order valence-corrected chi connectivity index (χ0v) is 8.08. The highest BCUT2D eigenvalue weighted by Gasteiger charge is 2.57. The second-order valence-electron chi connectivity index (χ2n) is 4.78. The standard InChI is InChI=1S/C10H16FNO2/c11-7-1-6-3-10(5-12,4-9(13)14)8(6)2-7/h6-8H,1-5,12H2,(H,13,14)/t6-,7+,8-,10?/m1/s1. The highest BCUT2D eigenvalue weighted by atomic mass is 19.1. The zero-order valence-electron chi connectivity index (χ0n) is 8.08. The predicted molar refractivity (Wildman–Crippen MR) is 49.5 cm³/mol. The fraction of sp³-hybridized carbons (Fsp3) is 0.900. The van der Waals surface area contributed by atoms with Gasteiger partial charge in [0.15, 0.2) is 0 Å². The van der Waals surface area contributed by atoms with Crippen molar-refractivity contribution >= 4 is 5.97 Å². The molecule has 1 unspecified atom stereocenters. The summed E-state index contributed by atoms with van der Waals surface area (Å²) in [5.74, 6) is -0.192. The zero-order chi connectivity index (χ0) is 10.3. The number of nitrogens with two attached hydrogens (primary N) is 1. The lowest BCUT2D eigenvalue weighted by Gasteiger charge is -2.51. The Morgan fingerprint density at radius 2 is 2.29 bits per heavy atom. The van der Waals surface area contributed by atoms with E-state index < -0.39 is 12.1 Å². The van der Waals surface area contributed by atoms with Gasteiger partial charge >= 0.3 is 5.97 Å². The maximum absolute atomic E-state index is 13.1. The Labute approximate surface area is 82.5 Å². The fourth-order valence-electron chi connectivity index (χ4n) is 3.36. The normalized spacial score (nSPS) is 45.7. The van der Waals surface area contributed by atoms with Crippen molar-refractivity contribution in [2.75, 3.05) is 6.54 Å². The van der Waals surface area contributed by atoms with Crippen LogP contribution in [-0.2, 0) is 4.79 Å². The third kappa shape index (κ3) is 1.32. The summed E-state index contributed by atoms with van der Waals surface area (Å²) in [5, 5.41) is 8.78. The van der Waals surface area contributed by atoms with Gasteiger partial charge in [-0.1, -0.05) is 0 Å². The Morgan fingerprint density at radius 3 is 2.79 bits per heavy atom. The van der Waals surface area contributed by atoms with Crippen LogP contribution in [0.25, 0.3) is 0 Å². The van der Waals surface area contributed by atoms with E-state index in [1.54, 1.807) is 0 Å². The maximum atomic E-state index is 13.1. The van der Waals surface area contributed by atoms with Crippen molar-refractivity contribution in [3.63, 3.8) is 0 Å². The van der Waals surface area contributed by atoms with Gasteiger partial charge in [-0.3, -0.25) is 4.79 Å². The van der Waals surface area contributed by atoms with Crippen LogP contribution in [0.5, 0.6) is 0 Å². The number of rotatable bonds is 3. The van der Waals surface area contributed by atoms with Crippen molar-refractivity contribution < 1.29 is 14.3 Å². The van der Waals surface area contributed by atoms with Crippen molar-refractivity contribution in [3.8, 4) is 0 Å². The molecule has 2 saturated carbocycles. The molecule has 3 nitrogen and oxygen atoms in total. The molecule has 0 saturated heterocycles. The average Bonchev–Trinajstić information content (AvgIpc) is 2.39. The molecule has 4 heteroatoms. The minimum Gasteiger partial charge on any atom is -0.481 e. The quantitative estimate of drug-likeness (QED) is 0.720. The Bertz CT molecular complexity index is 259. The number of aliphatic carboxylic acids is 1. The molecule has 4 atom stereocenters. The summed E-state index contributed by atoms with van der Waals surface area (Å²) in [6.07, 6.45) is 1.33. The van der Waals surface area contributed by atoms with Crippen LogP contribution in [0.3, 0.4) is 0 Å². The Morgan fingerprint density at radius 1 is 1.57 bits per heavy atom. The number of alkyl halides is 1. The van der Waals surface area contributed by atoms with Crippen LogP contribution in [0.2, 0.25) is 0 Å². The van der Waals surface area contributed by atoms with E-state index in [4.69, 9.17) is 10.8 Å². The van der Waals surface area contributed by atoms with E-state index in [0.29, 0.717) is 25.3 Å². The fourth-order valence-corrected chi connectivity index (χ4v) is 3.36. The summed E-state index contributed by atoms with van der Waals surface area (Å²) >= 11 is 0. The van der Waals surface area contributed by atoms with Gasteiger partial charge in [0.2, 0.25) is 0 Å². The monoisotopic (exact) mass is 201 g/mol. The van der Waals surface area contributed by atoms with Crippen molar-refractivity contribution in [2.24, 2.45) is 23.0 Å². The Hall–Kier alpha value is -0.640. The average molecular weight is 201 g/mol. The van der Waals surface area contributed by atoms with Crippen LogP contribution >= 0.6 is 0 Å². The summed E-state index contributed by atoms with van der Waals surface area (Å²) in [4.78, 5) is 10.7. The first-order valence-corrected chi connectivity index (χ1v) is 5.13. The number of carboxylic acids is 1. The Kier molecular flexibility index (Phi) is 2.26. The van der Waals surface area contributed by atoms with E-state index in [0.717, 1.165) is 6.42 Å². The van der Waals surface area contributed by atoms with E-state index in [1.165, 1.54) is 0 Å². The minimum absolute atomic E-state index is 0.109. The van der Waals surface area contributed by atoms with Crippen LogP contribution in [0.15, 0.2) is 0 Å². The van der Waals surface area contributed by atoms with Crippen LogP contribution < -0.4 is 5.73 Å². The first-order valence-electron chi connectivity index (χ1n) is 5.13. The van der Waals surface area contributed by atoms with Gasteiger partial charge in [0.25, 0.3) is 0 Å². The third-order valence-electron chi connectivity index (χ3n) is 4.00. The second kappa shape index (κ2) is 3.19. The number of hydrogen-bond donors (Lipinski definition) is 2. The molecule has 0 bridgehead atoms. The molecule has 0 radical (unpaired) electrons. The highest BCUT2D eigenvalue weighted by Crippen LogP contribution is 2.60. The molecule has 3 N–H and O–H groups in total. The number of fused-ring (bicyclic) bond motifs is 1. The molecule has 0 amide bonds. The minimum atomic E-state index is -0.809. The molecule has 0 aromatic carbocycles. The largest absolute Gasteiger partial charge is 0.481 e. The number of halogens is 1. The van der Waals surface area contributed by atoms with Gasteiger partial charge in [0.1, 0.15) is 6.17 Å². The van der Waals surface area contributed by atoms with E-state index >= 15 is 0 Å². The van der Waals surface area contributed by atoms with Gasteiger partial charge in [-0.25, -0.2) is 4.39 Å². The smallest absolute Gasteiger partial charge is 0.303 e. The van der Waals surface area contributed by atoms with Crippen molar-refractivity contribution in [3.05, 3.63) is 0 Å². The topological polar surface area (TPSA) is 63.3 Å². The molecule has 2 fully saturated rings. The van der Waals surface area contributed by atoms with Crippen LogP contribution in [-0.4, -0.2) is 23.8 Å². The van der Waals surface area contributed by atoms with Crippen LogP contribution in [0, 0.1) is 17.3 Å². The van der Waals surface area contributed by atoms with Crippen LogP contribution in [0.1, 0.15) is 25.7 Å². The van der Waals surface area contributed by atoms with E-state index in [-0.39, 0.29) is 17.8 Å². The third-order valence-corrected chi connectivity index (χ3v) is 4.00. The SMILES string of the molecule is NCC1(CC(=O)O)C[C@H]2C[C@H](F)C[C@H]21. The first-order chi connectivity index (χ1) is 6.57. The van der Waals surface area contributed by atoms with Gasteiger partial charge in [-0.05, 0) is 43.1 Å². The molecule has 2 aliphatic carbocycles. The molecule has 2 rings (SSSR count). The molecule has 0 aromatic heterocycles. The maximum Gasteiger partial charge on any atom is 0.303 e. The number of carboxylic acid groups (broad SMARTS) is 1. The molecular formula is C10H16FNO2. The summed E-state index contributed by atoms with van der Waals surface area (Å²) in [5.41, 5.74) is 5.34. The van der Waals surface area contributed by atoms with Gasteiger partial charge in [-0.15, -0.1) is 0 Å². The van der Waals surface area contributed by atoms with E-state index in [9.17, 15) is 9.18 Å².